The Bertz CT molecular complexity index is 1670. The SMILES string of the molecule is Cc1ccc([S@@](N)=O)cc1.Cc1ccc([S@@](N)=O)cc1.Cc1ccc([S@](N)=O)cc1.Cc1ccc([S@](N)=O)cc1.Fc1c(F)c(I)c(F)c(F)c1I. The van der Waals surface area contributed by atoms with E-state index in [1.807, 2.05) is 76.2 Å². The van der Waals surface area contributed by atoms with Crippen molar-refractivity contribution in [2.45, 2.75) is 47.3 Å². The Balaban J connectivity index is 0.000000326. The van der Waals surface area contributed by atoms with Gasteiger partial charge in [-0.15, -0.1) is 0 Å². The van der Waals surface area contributed by atoms with Crippen LogP contribution in [-0.2, 0) is 43.9 Å². The van der Waals surface area contributed by atoms with E-state index < -0.39 is 74.4 Å². The maximum Gasteiger partial charge on any atom is 0.176 e. The molecule has 5 aromatic carbocycles. The molecule has 0 fully saturated rings. The molecule has 0 aliphatic rings. The summed E-state index contributed by atoms with van der Waals surface area (Å²) in [6, 6.07) is 29.3. The van der Waals surface area contributed by atoms with Gasteiger partial charge >= 0.3 is 0 Å². The Morgan fingerprint density at radius 3 is 0.615 bits per heavy atom. The maximum atomic E-state index is 12.6. The van der Waals surface area contributed by atoms with Crippen LogP contribution in [0.5, 0.6) is 0 Å². The summed E-state index contributed by atoms with van der Waals surface area (Å²) in [4.78, 5) is 2.69. The molecule has 282 valence electrons. The predicted molar refractivity (Wildman–Crippen MR) is 219 cm³/mol. The minimum Gasteiger partial charge on any atom is -0.248 e. The molecule has 0 amide bonds. The number of rotatable bonds is 4. The molecular formula is C34H36F4I2N4O4S4. The third-order valence-electron chi connectivity index (χ3n) is 6.17. The van der Waals surface area contributed by atoms with Crippen LogP contribution in [0.4, 0.5) is 17.6 Å². The van der Waals surface area contributed by atoms with Crippen LogP contribution in [0.25, 0.3) is 0 Å². The molecule has 0 aromatic heterocycles. The van der Waals surface area contributed by atoms with E-state index in [4.69, 9.17) is 20.6 Å². The van der Waals surface area contributed by atoms with E-state index in [9.17, 15) is 34.4 Å². The zero-order valence-electron chi connectivity index (χ0n) is 28.1. The maximum absolute atomic E-state index is 12.6. The molecular weight excluding hydrogens is 986 g/mol. The minimum atomic E-state index is -1.35. The average molecular weight is 1020 g/mol. The molecule has 52 heavy (non-hydrogen) atoms. The number of hydrogen-bond donors (Lipinski definition) is 4. The van der Waals surface area contributed by atoms with Gasteiger partial charge in [0.2, 0.25) is 0 Å². The van der Waals surface area contributed by atoms with Crippen LogP contribution in [0.3, 0.4) is 0 Å². The molecule has 0 saturated carbocycles. The predicted octanol–water partition coefficient (Wildman–Crippen LogP) is 7.36. The van der Waals surface area contributed by atoms with Gasteiger partial charge in [0.25, 0.3) is 0 Å². The summed E-state index contributed by atoms with van der Waals surface area (Å²) in [6.45, 7) is 7.90. The molecule has 5 rings (SSSR count). The Morgan fingerprint density at radius 2 is 0.500 bits per heavy atom. The van der Waals surface area contributed by atoms with Crippen molar-refractivity contribution >= 4 is 89.1 Å². The van der Waals surface area contributed by atoms with E-state index in [2.05, 4.69) is 0 Å². The van der Waals surface area contributed by atoms with Gasteiger partial charge in [-0.2, -0.15) is 0 Å². The molecule has 0 heterocycles. The number of halogens is 6. The lowest BCUT2D eigenvalue weighted by Crippen LogP contribution is -2.02. The summed E-state index contributed by atoms with van der Waals surface area (Å²) in [7, 11) is -5.35. The minimum absolute atomic E-state index is 0.664. The molecule has 0 bridgehead atoms. The topological polar surface area (TPSA) is 172 Å². The lowest BCUT2D eigenvalue weighted by atomic mass is 10.2. The molecule has 0 aliphatic heterocycles. The van der Waals surface area contributed by atoms with Gasteiger partial charge in [0.15, 0.2) is 23.3 Å². The first kappa shape index (κ1) is 47.7. The molecule has 8 nitrogen and oxygen atoms in total. The lowest BCUT2D eigenvalue weighted by Gasteiger charge is -2.02. The molecule has 18 heteroatoms. The van der Waals surface area contributed by atoms with E-state index in [0.717, 1.165) is 22.3 Å². The van der Waals surface area contributed by atoms with Crippen LogP contribution in [0, 0.1) is 58.1 Å². The Hall–Kier alpha value is -2.28. The third kappa shape index (κ3) is 17.2. The van der Waals surface area contributed by atoms with Crippen molar-refractivity contribution in [3.8, 4) is 0 Å². The Morgan fingerprint density at radius 1 is 0.365 bits per heavy atom. The highest BCUT2D eigenvalue weighted by Crippen LogP contribution is 2.26. The van der Waals surface area contributed by atoms with E-state index in [1.54, 1.807) is 48.5 Å². The van der Waals surface area contributed by atoms with Crippen molar-refractivity contribution in [2.75, 3.05) is 0 Å². The van der Waals surface area contributed by atoms with Gasteiger partial charge in [0, 0.05) is 0 Å². The first-order valence-electron chi connectivity index (χ1n) is 14.3. The fourth-order valence-electron chi connectivity index (χ4n) is 3.27. The Kier molecular flexibility index (Phi) is 22.2. The van der Waals surface area contributed by atoms with Gasteiger partial charge in [-0.25, -0.2) is 55.0 Å². The molecule has 0 saturated heterocycles. The number of aryl methyl sites for hydroxylation is 4. The molecule has 0 spiro atoms. The third-order valence-corrected chi connectivity index (χ3v) is 11.0. The summed E-state index contributed by atoms with van der Waals surface area (Å²) in [5, 5.41) is 20.5. The highest BCUT2D eigenvalue weighted by molar-refractivity contribution is 14.1. The number of nitrogens with two attached hydrogens (primary N) is 4. The lowest BCUT2D eigenvalue weighted by molar-refractivity contribution is 0.437. The van der Waals surface area contributed by atoms with Gasteiger partial charge in [0.05, 0.1) is 26.7 Å². The van der Waals surface area contributed by atoms with Crippen LogP contribution in [0.1, 0.15) is 22.3 Å². The van der Waals surface area contributed by atoms with Crippen LogP contribution in [-0.4, -0.2) is 16.8 Å². The second-order valence-corrected chi connectivity index (χ2v) is 16.7. The molecule has 5 aromatic rings. The zero-order chi connectivity index (χ0) is 39.7. The smallest absolute Gasteiger partial charge is 0.176 e. The van der Waals surface area contributed by atoms with Gasteiger partial charge in [-0.1, -0.05) is 70.8 Å². The Labute approximate surface area is 338 Å². The summed E-state index contributed by atoms with van der Waals surface area (Å²) < 4.78 is 91.8. The summed E-state index contributed by atoms with van der Waals surface area (Å²) in [6.07, 6.45) is 0. The summed E-state index contributed by atoms with van der Waals surface area (Å²) in [5.74, 6) is -5.39. The fraction of sp³-hybridized carbons (Fsp3) is 0.118. The van der Waals surface area contributed by atoms with Crippen molar-refractivity contribution in [3.05, 3.63) is 150 Å². The molecule has 0 radical (unpaired) electrons. The van der Waals surface area contributed by atoms with Gasteiger partial charge in [0.1, 0.15) is 43.9 Å². The van der Waals surface area contributed by atoms with E-state index in [0.29, 0.717) is 19.6 Å². The molecule has 0 unspecified atom stereocenters. The monoisotopic (exact) mass is 1020 g/mol. The zero-order valence-corrected chi connectivity index (χ0v) is 35.7. The number of hydrogen-bond acceptors (Lipinski definition) is 4. The van der Waals surface area contributed by atoms with E-state index in [-0.39, 0.29) is 0 Å². The van der Waals surface area contributed by atoms with Crippen molar-refractivity contribution < 1.29 is 34.4 Å². The van der Waals surface area contributed by atoms with Crippen molar-refractivity contribution in [3.63, 3.8) is 0 Å². The van der Waals surface area contributed by atoms with E-state index in [1.165, 1.54) is 45.2 Å². The molecule has 4 atom stereocenters. The largest absolute Gasteiger partial charge is 0.248 e. The van der Waals surface area contributed by atoms with Gasteiger partial charge in [-0.3, -0.25) is 0 Å². The second kappa shape index (κ2) is 24.2. The fourth-order valence-corrected chi connectivity index (χ4v) is 5.83. The van der Waals surface area contributed by atoms with Crippen LogP contribution in [0.2, 0.25) is 0 Å². The van der Waals surface area contributed by atoms with Gasteiger partial charge < -0.3 is 0 Å². The summed E-state index contributed by atoms with van der Waals surface area (Å²) >= 11 is 2.41. The van der Waals surface area contributed by atoms with Crippen molar-refractivity contribution in [1.29, 1.82) is 0 Å². The molecule has 8 N–H and O–H groups in total. The highest BCUT2D eigenvalue weighted by atomic mass is 127. The summed E-state index contributed by atoms with van der Waals surface area (Å²) in [5.41, 5.74) is 4.59. The van der Waals surface area contributed by atoms with Crippen molar-refractivity contribution in [2.24, 2.45) is 20.6 Å². The van der Waals surface area contributed by atoms with Crippen molar-refractivity contribution in [1.82, 2.24) is 0 Å². The normalized spacial score (nSPS) is 12.4. The van der Waals surface area contributed by atoms with Crippen LogP contribution >= 0.6 is 45.2 Å². The quantitative estimate of drug-likeness (QED) is 0.0639. The van der Waals surface area contributed by atoms with Crippen LogP contribution < -0.4 is 20.6 Å². The first-order valence-corrected chi connectivity index (χ1v) is 21.4. The van der Waals surface area contributed by atoms with Crippen LogP contribution in [0.15, 0.2) is 117 Å². The highest BCUT2D eigenvalue weighted by Gasteiger charge is 2.21. The second-order valence-electron chi connectivity index (χ2n) is 10.3. The first-order chi connectivity index (χ1) is 24.3. The standard InChI is InChI=1S/4C7H9NOS.C6F4I2/c4*1-6-2-4-7(5-3-6)10(8)9;7-1-2(8)6(12)4(10)3(9)5(1)11/h4*2-5H,8H2,1H3;/t4*10-;/m1100./s1. The molecule has 0 aliphatic carbocycles. The average Bonchev–Trinajstić information content (AvgIpc) is 3.11. The van der Waals surface area contributed by atoms with Gasteiger partial charge in [-0.05, 0) is 121 Å². The van der Waals surface area contributed by atoms with E-state index >= 15 is 0 Å². The number of benzene rings is 5.